The molecule has 2 unspecified atom stereocenters. The molecule has 0 radical (unpaired) electrons. The van der Waals surface area contributed by atoms with Crippen molar-refractivity contribution in [1.82, 2.24) is 20.3 Å². The zero-order chi connectivity index (χ0) is 21.6. The van der Waals surface area contributed by atoms with Crippen LogP contribution in [-0.2, 0) is 17.8 Å². The van der Waals surface area contributed by atoms with E-state index in [4.69, 9.17) is 9.26 Å². The Bertz CT molecular complexity index is 849. The number of hydrogen-bond donors (Lipinski definition) is 1. The predicted octanol–water partition coefficient (Wildman–Crippen LogP) is 3.24. The zero-order valence-electron chi connectivity index (χ0n) is 19.0. The van der Waals surface area contributed by atoms with E-state index in [-0.39, 0.29) is 6.10 Å². The van der Waals surface area contributed by atoms with Gasteiger partial charge in [-0.2, -0.15) is 0 Å². The van der Waals surface area contributed by atoms with Crippen LogP contribution in [0.15, 0.2) is 45.9 Å². The van der Waals surface area contributed by atoms with Crippen LogP contribution in [0, 0.1) is 0 Å². The normalized spacial score (nSPS) is 22.2. The van der Waals surface area contributed by atoms with Crippen LogP contribution in [0.25, 0.3) is 0 Å². The van der Waals surface area contributed by atoms with Gasteiger partial charge in [-0.05, 0) is 18.4 Å². The third-order valence-corrected chi connectivity index (χ3v) is 6.56. The van der Waals surface area contributed by atoms with Gasteiger partial charge < -0.3 is 19.5 Å². The zero-order valence-corrected chi connectivity index (χ0v) is 19.0. The molecule has 7 heteroatoms. The second-order valence-electron chi connectivity index (χ2n) is 8.47. The minimum Gasteiger partial charge on any atom is -0.373 e. The lowest BCUT2D eigenvalue weighted by atomic mass is 9.99. The number of nitrogens with zero attached hydrogens (tertiary/aromatic N) is 4. The number of aromatic nitrogens is 1. The summed E-state index contributed by atoms with van der Waals surface area (Å²) < 4.78 is 11.7. The fourth-order valence-corrected chi connectivity index (χ4v) is 4.76. The molecule has 2 aromatic rings. The molecule has 0 aliphatic carbocycles. The van der Waals surface area contributed by atoms with E-state index in [1.807, 2.05) is 7.05 Å². The monoisotopic (exact) mass is 425 g/mol. The molecule has 1 N–H and O–H groups in total. The van der Waals surface area contributed by atoms with Gasteiger partial charge in [0, 0.05) is 45.2 Å². The molecule has 0 amide bonds. The Kier molecular flexibility index (Phi) is 7.25. The largest absolute Gasteiger partial charge is 0.373 e. The molecule has 1 aromatic carbocycles. The molecule has 7 nitrogen and oxygen atoms in total. The van der Waals surface area contributed by atoms with Crippen molar-refractivity contribution < 1.29 is 9.26 Å². The molecule has 168 valence electrons. The van der Waals surface area contributed by atoms with Gasteiger partial charge in [0.1, 0.15) is 0 Å². The van der Waals surface area contributed by atoms with Gasteiger partial charge in [-0.1, -0.05) is 49.3 Å². The van der Waals surface area contributed by atoms with Crippen molar-refractivity contribution in [3.63, 3.8) is 0 Å². The average molecular weight is 426 g/mol. The maximum absolute atomic E-state index is 6.12. The van der Waals surface area contributed by atoms with E-state index in [9.17, 15) is 0 Å². The number of fused-ring (bicyclic) bond motifs is 1. The van der Waals surface area contributed by atoms with E-state index >= 15 is 0 Å². The molecule has 3 heterocycles. The highest BCUT2D eigenvalue weighted by Crippen LogP contribution is 2.25. The predicted molar refractivity (Wildman–Crippen MR) is 122 cm³/mol. The number of nitrogens with one attached hydrogen (secondary N) is 1. The van der Waals surface area contributed by atoms with Crippen LogP contribution in [0.4, 0.5) is 0 Å². The van der Waals surface area contributed by atoms with Crippen LogP contribution < -0.4 is 5.32 Å². The second-order valence-corrected chi connectivity index (χ2v) is 8.47. The maximum Gasteiger partial charge on any atom is 0.194 e. The summed E-state index contributed by atoms with van der Waals surface area (Å²) in [5, 5.41) is 7.73. The molecule has 2 saturated heterocycles. The van der Waals surface area contributed by atoms with E-state index in [1.54, 1.807) is 0 Å². The van der Waals surface area contributed by atoms with Crippen molar-refractivity contribution in [3.05, 3.63) is 53.4 Å². The summed E-state index contributed by atoms with van der Waals surface area (Å²) in [5.74, 6) is 2.20. The van der Waals surface area contributed by atoms with Gasteiger partial charge in [-0.25, -0.2) is 0 Å². The second kappa shape index (κ2) is 10.3. The summed E-state index contributed by atoms with van der Waals surface area (Å²) in [6.07, 6.45) is 2.36. The van der Waals surface area contributed by atoms with Gasteiger partial charge in [0.05, 0.1) is 31.0 Å². The smallest absolute Gasteiger partial charge is 0.194 e. The van der Waals surface area contributed by atoms with Crippen LogP contribution >= 0.6 is 0 Å². The first-order chi connectivity index (χ1) is 15.2. The number of hydrogen-bond acceptors (Lipinski definition) is 5. The molecule has 1 aromatic heterocycles. The highest BCUT2D eigenvalue weighted by Gasteiger charge is 2.41. The highest BCUT2D eigenvalue weighted by atomic mass is 16.5. The number of aliphatic imine (C=N–C) groups is 1. The molecular formula is C24H35N5O2. The van der Waals surface area contributed by atoms with Crippen LogP contribution in [0.3, 0.4) is 0 Å². The van der Waals surface area contributed by atoms with E-state index in [0.29, 0.717) is 18.5 Å². The summed E-state index contributed by atoms with van der Waals surface area (Å²) in [5.41, 5.74) is 2.40. The first-order valence-corrected chi connectivity index (χ1v) is 11.5. The van der Waals surface area contributed by atoms with Gasteiger partial charge in [-0.3, -0.25) is 9.89 Å². The number of guanidine groups is 1. The number of ether oxygens (including phenoxy) is 1. The number of likely N-dealkylation sites (tertiary alicyclic amines) is 1. The first kappa shape index (κ1) is 21.8. The lowest BCUT2D eigenvalue weighted by molar-refractivity contribution is -0.0502. The molecule has 4 rings (SSSR count). The Morgan fingerprint density at radius 1 is 1.23 bits per heavy atom. The third kappa shape index (κ3) is 5.10. The minimum atomic E-state index is 0.211. The van der Waals surface area contributed by atoms with E-state index < -0.39 is 0 Å². The standard InChI is InChI=1S/C24H35N5O2/c1-4-19(5-2)21-13-20(31-27-21)14-26-24(25-3)29-16-22-23(17-29)30-12-11-28(22)15-18-9-7-6-8-10-18/h6-10,13,19,22-23H,4-5,11-12,14-17H2,1-3H3,(H,25,26). The van der Waals surface area contributed by atoms with E-state index in [2.05, 4.69) is 75.5 Å². The number of morpholine rings is 1. The number of benzene rings is 1. The van der Waals surface area contributed by atoms with E-state index in [1.165, 1.54) is 5.56 Å². The van der Waals surface area contributed by atoms with Crippen molar-refractivity contribution in [2.24, 2.45) is 4.99 Å². The molecule has 2 aliphatic rings. The molecule has 2 aliphatic heterocycles. The molecule has 2 fully saturated rings. The number of rotatable bonds is 7. The van der Waals surface area contributed by atoms with Crippen LogP contribution in [-0.4, -0.2) is 66.4 Å². The highest BCUT2D eigenvalue weighted by molar-refractivity contribution is 5.80. The average Bonchev–Trinajstić information content (AvgIpc) is 3.44. The van der Waals surface area contributed by atoms with Crippen molar-refractivity contribution in [3.8, 4) is 0 Å². The van der Waals surface area contributed by atoms with E-state index in [0.717, 1.165) is 63.0 Å². The maximum atomic E-state index is 6.12. The third-order valence-electron chi connectivity index (χ3n) is 6.56. The van der Waals surface area contributed by atoms with Gasteiger partial charge >= 0.3 is 0 Å². The van der Waals surface area contributed by atoms with Crippen LogP contribution in [0.1, 0.15) is 49.6 Å². The van der Waals surface area contributed by atoms with Crippen LogP contribution in [0.2, 0.25) is 0 Å². The Hall–Kier alpha value is -2.38. The Morgan fingerprint density at radius 3 is 2.77 bits per heavy atom. The Labute approximate surface area is 185 Å². The minimum absolute atomic E-state index is 0.211. The fourth-order valence-electron chi connectivity index (χ4n) is 4.76. The molecule has 0 spiro atoms. The molecule has 0 bridgehead atoms. The van der Waals surface area contributed by atoms with Gasteiger partial charge in [0.2, 0.25) is 0 Å². The summed E-state index contributed by atoms with van der Waals surface area (Å²) in [4.78, 5) is 9.37. The molecule has 0 saturated carbocycles. The SMILES string of the molecule is CCC(CC)c1cc(CNC(=NC)N2CC3OCCN(Cc4ccccc4)C3C2)on1. The van der Waals surface area contributed by atoms with Gasteiger partial charge in [-0.15, -0.1) is 0 Å². The van der Waals surface area contributed by atoms with Crippen molar-refractivity contribution >= 4 is 5.96 Å². The topological polar surface area (TPSA) is 66.1 Å². The Morgan fingerprint density at radius 2 is 2.03 bits per heavy atom. The summed E-state index contributed by atoms with van der Waals surface area (Å²) in [6, 6.07) is 13.1. The Balaban J connectivity index is 1.35. The lowest BCUT2D eigenvalue weighted by Crippen LogP contribution is -2.50. The van der Waals surface area contributed by atoms with Gasteiger partial charge in [0.15, 0.2) is 11.7 Å². The van der Waals surface area contributed by atoms with Crippen molar-refractivity contribution in [1.29, 1.82) is 0 Å². The molecular weight excluding hydrogens is 390 g/mol. The fraction of sp³-hybridized carbons (Fsp3) is 0.583. The van der Waals surface area contributed by atoms with Gasteiger partial charge in [0.25, 0.3) is 0 Å². The molecule has 31 heavy (non-hydrogen) atoms. The first-order valence-electron chi connectivity index (χ1n) is 11.5. The molecule has 2 atom stereocenters. The summed E-state index contributed by atoms with van der Waals surface area (Å²) >= 11 is 0. The summed E-state index contributed by atoms with van der Waals surface area (Å²) in [7, 11) is 1.84. The summed E-state index contributed by atoms with van der Waals surface area (Å²) in [6.45, 7) is 9.44. The van der Waals surface area contributed by atoms with Crippen molar-refractivity contribution in [2.75, 3.05) is 33.3 Å². The lowest BCUT2D eigenvalue weighted by Gasteiger charge is -2.36. The van der Waals surface area contributed by atoms with Crippen LogP contribution in [0.5, 0.6) is 0 Å². The quantitative estimate of drug-likeness (QED) is 0.543. The van der Waals surface area contributed by atoms with Crippen molar-refractivity contribution in [2.45, 2.75) is 57.8 Å².